The van der Waals surface area contributed by atoms with Crippen molar-refractivity contribution in [3.8, 4) is 0 Å². The van der Waals surface area contributed by atoms with E-state index in [0.29, 0.717) is 30.9 Å². The fourth-order valence-corrected chi connectivity index (χ4v) is 1.75. The Hall–Kier alpha value is -2.08. The molecule has 2 amide bonds. The third kappa shape index (κ3) is 7.31. The number of carbonyl (C=O) groups excluding carboxylic acids is 2. The van der Waals surface area contributed by atoms with Crippen molar-refractivity contribution in [2.75, 3.05) is 23.8 Å². The number of anilines is 2. The number of nitrogens with one attached hydrogen (secondary N) is 2. The first-order valence-electron chi connectivity index (χ1n) is 7.19. The monoisotopic (exact) mass is 293 g/mol. The number of hydrogen-bond donors (Lipinski definition) is 3. The van der Waals surface area contributed by atoms with Crippen LogP contribution in [0.1, 0.15) is 32.6 Å². The van der Waals surface area contributed by atoms with Gasteiger partial charge in [0.2, 0.25) is 5.91 Å². The van der Waals surface area contributed by atoms with Crippen molar-refractivity contribution in [1.82, 2.24) is 0 Å². The lowest BCUT2D eigenvalue weighted by molar-refractivity contribution is -0.116. The zero-order chi connectivity index (χ0) is 15.5. The Bertz CT molecular complexity index is 446. The van der Waals surface area contributed by atoms with Gasteiger partial charge in [-0.2, -0.15) is 0 Å². The molecular weight excluding hydrogens is 270 g/mol. The molecule has 1 rings (SSSR count). The third-order valence-electron chi connectivity index (χ3n) is 2.80. The van der Waals surface area contributed by atoms with Crippen molar-refractivity contribution >= 4 is 23.4 Å². The minimum Gasteiger partial charge on any atom is -0.450 e. The number of hydrogen-bond acceptors (Lipinski definition) is 4. The van der Waals surface area contributed by atoms with Gasteiger partial charge in [-0.05, 0) is 50.6 Å². The van der Waals surface area contributed by atoms with Gasteiger partial charge in [-0.1, -0.05) is 6.42 Å². The van der Waals surface area contributed by atoms with Gasteiger partial charge in [0.1, 0.15) is 0 Å². The summed E-state index contributed by atoms with van der Waals surface area (Å²) < 4.78 is 4.78. The second kappa shape index (κ2) is 9.77. The summed E-state index contributed by atoms with van der Waals surface area (Å²) in [6.07, 6.45) is 2.75. The fraction of sp³-hybridized carbons (Fsp3) is 0.467. The van der Waals surface area contributed by atoms with E-state index in [1.165, 1.54) is 0 Å². The van der Waals surface area contributed by atoms with Gasteiger partial charge in [-0.15, -0.1) is 0 Å². The molecule has 4 N–H and O–H groups in total. The van der Waals surface area contributed by atoms with Gasteiger partial charge in [-0.3, -0.25) is 10.1 Å². The molecular formula is C15H23N3O3. The largest absolute Gasteiger partial charge is 0.450 e. The van der Waals surface area contributed by atoms with Gasteiger partial charge >= 0.3 is 6.09 Å². The van der Waals surface area contributed by atoms with Crippen LogP contribution in [0.4, 0.5) is 16.2 Å². The van der Waals surface area contributed by atoms with Crippen LogP contribution in [0.5, 0.6) is 0 Å². The average Bonchev–Trinajstić information content (AvgIpc) is 2.46. The Morgan fingerprint density at radius 1 is 1.05 bits per heavy atom. The second-order valence-corrected chi connectivity index (χ2v) is 4.57. The Morgan fingerprint density at radius 3 is 2.24 bits per heavy atom. The minimum atomic E-state index is -0.491. The Kier molecular flexibility index (Phi) is 7.89. The second-order valence-electron chi connectivity index (χ2n) is 4.57. The molecule has 0 saturated heterocycles. The first-order valence-corrected chi connectivity index (χ1v) is 7.19. The Morgan fingerprint density at radius 2 is 1.67 bits per heavy atom. The molecule has 6 heteroatoms. The maximum Gasteiger partial charge on any atom is 0.411 e. The smallest absolute Gasteiger partial charge is 0.411 e. The number of benzene rings is 1. The topological polar surface area (TPSA) is 93.5 Å². The third-order valence-corrected chi connectivity index (χ3v) is 2.80. The lowest BCUT2D eigenvalue weighted by Gasteiger charge is -2.08. The molecule has 1 aromatic carbocycles. The van der Waals surface area contributed by atoms with E-state index in [1.807, 2.05) is 0 Å². The molecule has 0 fully saturated rings. The first-order chi connectivity index (χ1) is 10.2. The van der Waals surface area contributed by atoms with Crippen LogP contribution < -0.4 is 16.4 Å². The van der Waals surface area contributed by atoms with Crippen LogP contribution in [0, 0.1) is 0 Å². The van der Waals surface area contributed by atoms with Crippen LogP contribution in [0.3, 0.4) is 0 Å². The van der Waals surface area contributed by atoms with Gasteiger partial charge < -0.3 is 15.8 Å². The number of rotatable bonds is 8. The predicted octanol–water partition coefficient (Wildman–Crippen LogP) is 2.71. The molecule has 1 aromatic rings. The molecule has 6 nitrogen and oxygen atoms in total. The zero-order valence-electron chi connectivity index (χ0n) is 12.4. The molecule has 116 valence electrons. The SMILES string of the molecule is CCOC(=O)Nc1ccc(NC(=O)CCCCCN)cc1. The van der Waals surface area contributed by atoms with E-state index < -0.39 is 6.09 Å². The number of amides is 2. The van der Waals surface area contributed by atoms with Crippen LogP contribution in [-0.4, -0.2) is 25.2 Å². The quantitative estimate of drug-likeness (QED) is 0.642. The van der Waals surface area contributed by atoms with Crippen molar-refractivity contribution in [1.29, 1.82) is 0 Å². The fourth-order valence-electron chi connectivity index (χ4n) is 1.75. The maximum absolute atomic E-state index is 11.7. The van der Waals surface area contributed by atoms with E-state index in [4.69, 9.17) is 10.5 Å². The minimum absolute atomic E-state index is 0.0156. The van der Waals surface area contributed by atoms with Crippen molar-refractivity contribution in [2.45, 2.75) is 32.6 Å². The van der Waals surface area contributed by atoms with Gasteiger partial charge in [-0.25, -0.2) is 4.79 Å². The zero-order valence-corrected chi connectivity index (χ0v) is 12.4. The van der Waals surface area contributed by atoms with Crippen molar-refractivity contribution in [3.05, 3.63) is 24.3 Å². The summed E-state index contributed by atoms with van der Waals surface area (Å²) >= 11 is 0. The van der Waals surface area contributed by atoms with Crippen molar-refractivity contribution in [2.24, 2.45) is 5.73 Å². The highest BCUT2D eigenvalue weighted by Gasteiger charge is 2.04. The van der Waals surface area contributed by atoms with E-state index in [1.54, 1.807) is 31.2 Å². The molecule has 0 saturated carbocycles. The highest BCUT2D eigenvalue weighted by molar-refractivity contribution is 5.91. The molecule has 0 aliphatic rings. The number of ether oxygens (including phenoxy) is 1. The van der Waals surface area contributed by atoms with Crippen LogP contribution >= 0.6 is 0 Å². The summed E-state index contributed by atoms with van der Waals surface area (Å²) in [4.78, 5) is 22.9. The standard InChI is InChI=1S/C15H23N3O3/c1-2-21-15(20)18-13-9-7-12(8-10-13)17-14(19)6-4-3-5-11-16/h7-10H,2-6,11,16H2,1H3,(H,17,19)(H,18,20). The molecule has 0 aliphatic heterocycles. The molecule has 0 atom stereocenters. The molecule has 0 radical (unpaired) electrons. The number of unbranched alkanes of at least 4 members (excludes halogenated alkanes) is 2. The van der Waals surface area contributed by atoms with Gasteiger partial charge in [0.25, 0.3) is 0 Å². The average molecular weight is 293 g/mol. The van der Waals surface area contributed by atoms with Gasteiger partial charge in [0, 0.05) is 17.8 Å². The van der Waals surface area contributed by atoms with E-state index >= 15 is 0 Å². The number of nitrogens with two attached hydrogens (primary N) is 1. The molecule has 0 spiro atoms. The first kappa shape index (κ1) is 17.0. The van der Waals surface area contributed by atoms with Crippen molar-refractivity contribution < 1.29 is 14.3 Å². The highest BCUT2D eigenvalue weighted by atomic mass is 16.5. The van der Waals surface area contributed by atoms with E-state index in [-0.39, 0.29) is 5.91 Å². The highest BCUT2D eigenvalue weighted by Crippen LogP contribution is 2.14. The van der Waals surface area contributed by atoms with Crippen LogP contribution in [0.25, 0.3) is 0 Å². The molecule has 0 heterocycles. The summed E-state index contributed by atoms with van der Waals surface area (Å²) in [6, 6.07) is 6.89. The van der Waals surface area contributed by atoms with Crippen molar-refractivity contribution in [3.63, 3.8) is 0 Å². The van der Waals surface area contributed by atoms with E-state index in [0.717, 1.165) is 19.3 Å². The molecule has 0 bridgehead atoms. The molecule has 21 heavy (non-hydrogen) atoms. The normalized spacial score (nSPS) is 10.0. The van der Waals surface area contributed by atoms with E-state index in [9.17, 15) is 9.59 Å². The van der Waals surface area contributed by atoms with Gasteiger partial charge in [0.05, 0.1) is 6.61 Å². The van der Waals surface area contributed by atoms with Crippen LogP contribution in [0.15, 0.2) is 24.3 Å². The summed E-state index contributed by atoms with van der Waals surface area (Å²) in [5.74, 6) is -0.0156. The Labute approximate surface area is 125 Å². The van der Waals surface area contributed by atoms with Gasteiger partial charge in [0.15, 0.2) is 0 Å². The summed E-state index contributed by atoms with van der Waals surface area (Å²) in [6.45, 7) is 2.73. The van der Waals surface area contributed by atoms with E-state index in [2.05, 4.69) is 10.6 Å². The summed E-state index contributed by atoms with van der Waals surface area (Å²) in [5, 5.41) is 5.40. The predicted molar refractivity (Wildman–Crippen MR) is 83.2 cm³/mol. The lowest BCUT2D eigenvalue weighted by atomic mass is 10.2. The maximum atomic E-state index is 11.7. The summed E-state index contributed by atoms with van der Waals surface area (Å²) in [5.41, 5.74) is 6.72. The molecule has 0 aromatic heterocycles. The summed E-state index contributed by atoms with van der Waals surface area (Å²) in [7, 11) is 0. The molecule has 0 unspecified atom stereocenters. The number of carbonyl (C=O) groups is 2. The Balaban J connectivity index is 2.36. The molecule has 0 aliphatic carbocycles. The van der Waals surface area contributed by atoms with Crippen LogP contribution in [0.2, 0.25) is 0 Å². The van der Waals surface area contributed by atoms with Crippen LogP contribution in [-0.2, 0) is 9.53 Å². The lowest BCUT2D eigenvalue weighted by Crippen LogP contribution is -2.14.